The van der Waals surface area contributed by atoms with Crippen LogP contribution in [0.15, 0.2) is 56.8 Å². The molecule has 0 spiro atoms. The molecule has 0 fully saturated rings. The lowest BCUT2D eigenvalue weighted by Crippen LogP contribution is -2.37. The molecule has 0 atom stereocenters. The minimum absolute atomic E-state index is 0.0711. The summed E-state index contributed by atoms with van der Waals surface area (Å²) in [6, 6.07) is 11.1. The standard InChI is InChI=1S/C19H17N5O5/c1-22-17-16(18(26)23(2)19(22)27)24(11-20-17)9-15(25)28-10-13-8-14(29-21-13)12-6-4-3-5-7-12/h3-8,11H,9-10H2,1-2H3. The first-order chi connectivity index (χ1) is 14.0. The number of aromatic nitrogens is 5. The Morgan fingerprint density at radius 2 is 1.90 bits per heavy atom. The average Bonchev–Trinajstić information content (AvgIpc) is 3.37. The van der Waals surface area contributed by atoms with E-state index in [0.717, 1.165) is 10.1 Å². The van der Waals surface area contributed by atoms with Gasteiger partial charge in [0.05, 0.1) is 6.33 Å². The van der Waals surface area contributed by atoms with E-state index in [1.165, 1.54) is 29.6 Å². The third-order valence-electron chi connectivity index (χ3n) is 4.51. The molecule has 0 aliphatic rings. The number of esters is 1. The fourth-order valence-corrected chi connectivity index (χ4v) is 2.97. The molecule has 1 aromatic carbocycles. The number of nitrogens with zero attached hydrogens (tertiary/aromatic N) is 5. The molecule has 0 aliphatic heterocycles. The van der Waals surface area contributed by atoms with Crippen molar-refractivity contribution in [3.8, 4) is 11.3 Å². The van der Waals surface area contributed by atoms with Gasteiger partial charge >= 0.3 is 11.7 Å². The number of imidazole rings is 1. The summed E-state index contributed by atoms with van der Waals surface area (Å²) in [6.07, 6.45) is 1.33. The van der Waals surface area contributed by atoms with Gasteiger partial charge in [-0.1, -0.05) is 35.5 Å². The Morgan fingerprint density at radius 3 is 2.66 bits per heavy atom. The number of ether oxygens (including phenoxy) is 1. The van der Waals surface area contributed by atoms with Gasteiger partial charge in [0.25, 0.3) is 5.56 Å². The molecule has 0 saturated heterocycles. The molecule has 0 amide bonds. The van der Waals surface area contributed by atoms with E-state index in [9.17, 15) is 14.4 Å². The summed E-state index contributed by atoms with van der Waals surface area (Å²) >= 11 is 0. The Bertz CT molecular complexity index is 1310. The van der Waals surface area contributed by atoms with E-state index < -0.39 is 17.2 Å². The summed E-state index contributed by atoms with van der Waals surface area (Å²) in [5.41, 5.74) is 0.664. The van der Waals surface area contributed by atoms with Gasteiger partial charge in [-0.05, 0) is 0 Å². The quantitative estimate of drug-likeness (QED) is 0.460. The van der Waals surface area contributed by atoms with Crippen LogP contribution in [-0.4, -0.2) is 29.8 Å². The number of benzene rings is 1. The molecular formula is C19H17N5O5. The number of rotatable bonds is 5. The van der Waals surface area contributed by atoms with Crippen LogP contribution in [0.1, 0.15) is 5.69 Å². The highest BCUT2D eigenvalue weighted by Gasteiger charge is 2.17. The molecule has 4 rings (SSSR count). The van der Waals surface area contributed by atoms with Gasteiger partial charge in [0.15, 0.2) is 16.9 Å². The Hall–Kier alpha value is -3.95. The molecule has 0 N–H and O–H groups in total. The molecule has 0 aliphatic carbocycles. The van der Waals surface area contributed by atoms with E-state index >= 15 is 0 Å². The highest BCUT2D eigenvalue weighted by molar-refractivity contribution is 5.75. The van der Waals surface area contributed by atoms with Crippen LogP contribution in [0.4, 0.5) is 0 Å². The number of carbonyl (C=O) groups is 1. The molecule has 0 radical (unpaired) electrons. The first-order valence-electron chi connectivity index (χ1n) is 8.73. The van der Waals surface area contributed by atoms with Gasteiger partial charge in [-0.25, -0.2) is 9.78 Å². The Labute approximate surface area is 163 Å². The lowest BCUT2D eigenvalue weighted by atomic mass is 10.2. The van der Waals surface area contributed by atoms with Crippen molar-refractivity contribution < 1.29 is 14.1 Å². The number of hydrogen-bond donors (Lipinski definition) is 0. The Morgan fingerprint density at radius 1 is 1.14 bits per heavy atom. The first-order valence-corrected chi connectivity index (χ1v) is 8.73. The smallest absolute Gasteiger partial charge is 0.332 e. The summed E-state index contributed by atoms with van der Waals surface area (Å²) in [6.45, 7) is -0.300. The minimum Gasteiger partial charge on any atom is -0.458 e. The molecular weight excluding hydrogens is 378 g/mol. The summed E-state index contributed by atoms with van der Waals surface area (Å²) in [5, 5.41) is 3.90. The molecule has 148 valence electrons. The van der Waals surface area contributed by atoms with Crippen molar-refractivity contribution in [3.63, 3.8) is 0 Å². The molecule has 10 nitrogen and oxygen atoms in total. The van der Waals surface area contributed by atoms with Gasteiger partial charge < -0.3 is 13.8 Å². The molecule has 0 bridgehead atoms. The summed E-state index contributed by atoms with van der Waals surface area (Å²) in [7, 11) is 2.88. The zero-order chi connectivity index (χ0) is 20.5. The van der Waals surface area contributed by atoms with Crippen LogP contribution in [0, 0.1) is 0 Å². The van der Waals surface area contributed by atoms with Gasteiger partial charge in [-0.15, -0.1) is 0 Å². The Kier molecular flexibility index (Phi) is 4.59. The molecule has 0 unspecified atom stereocenters. The van der Waals surface area contributed by atoms with Gasteiger partial charge in [0.1, 0.15) is 18.8 Å². The molecule has 3 aromatic heterocycles. The number of fused-ring (bicyclic) bond motifs is 1. The summed E-state index contributed by atoms with van der Waals surface area (Å²) < 4.78 is 14.1. The maximum atomic E-state index is 12.4. The van der Waals surface area contributed by atoms with Crippen LogP contribution in [0.5, 0.6) is 0 Å². The van der Waals surface area contributed by atoms with Crippen LogP contribution in [0.25, 0.3) is 22.5 Å². The fourth-order valence-electron chi connectivity index (χ4n) is 2.97. The van der Waals surface area contributed by atoms with Crippen LogP contribution < -0.4 is 11.2 Å². The zero-order valence-electron chi connectivity index (χ0n) is 15.7. The van der Waals surface area contributed by atoms with Crippen molar-refractivity contribution in [2.24, 2.45) is 14.1 Å². The van der Waals surface area contributed by atoms with Crippen LogP contribution in [0.3, 0.4) is 0 Å². The van der Waals surface area contributed by atoms with Gasteiger partial charge in [0.2, 0.25) is 0 Å². The lowest BCUT2D eigenvalue weighted by Gasteiger charge is -2.06. The predicted octanol–water partition coefficient (Wildman–Crippen LogP) is 0.832. The van der Waals surface area contributed by atoms with Gasteiger partial charge in [0, 0.05) is 25.7 Å². The molecule has 29 heavy (non-hydrogen) atoms. The SMILES string of the molecule is Cn1c(=O)c2c(ncn2CC(=O)OCc2cc(-c3ccccc3)on2)n(C)c1=O. The minimum atomic E-state index is -0.579. The first kappa shape index (κ1) is 18.4. The van der Waals surface area contributed by atoms with Crippen molar-refractivity contribution in [2.45, 2.75) is 13.2 Å². The summed E-state index contributed by atoms with van der Waals surface area (Å²) in [4.78, 5) is 40.7. The van der Waals surface area contributed by atoms with E-state index in [2.05, 4.69) is 10.1 Å². The zero-order valence-corrected chi connectivity index (χ0v) is 15.7. The van der Waals surface area contributed by atoms with Crippen LogP contribution >= 0.6 is 0 Å². The molecule has 10 heteroatoms. The third kappa shape index (κ3) is 3.35. The second kappa shape index (κ2) is 7.23. The van der Waals surface area contributed by atoms with E-state index in [1.807, 2.05) is 30.3 Å². The predicted molar refractivity (Wildman–Crippen MR) is 102 cm³/mol. The number of hydrogen-bond acceptors (Lipinski definition) is 7. The lowest BCUT2D eigenvalue weighted by molar-refractivity contribution is -0.145. The van der Waals surface area contributed by atoms with Gasteiger partial charge in [-0.2, -0.15) is 0 Å². The largest absolute Gasteiger partial charge is 0.458 e. The van der Waals surface area contributed by atoms with Crippen molar-refractivity contribution in [1.29, 1.82) is 0 Å². The third-order valence-corrected chi connectivity index (χ3v) is 4.51. The molecule has 0 saturated carbocycles. The molecule has 3 heterocycles. The van der Waals surface area contributed by atoms with Crippen molar-refractivity contribution >= 4 is 17.1 Å². The second-order valence-corrected chi connectivity index (χ2v) is 6.46. The van der Waals surface area contributed by atoms with Crippen LogP contribution in [-0.2, 0) is 36.8 Å². The highest BCUT2D eigenvalue weighted by Crippen LogP contribution is 2.20. The number of carbonyl (C=O) groups excluding carboxylic acids is 1. The normalized spacial score (nSPS) is 11.1. The van der Waals surface area contributed by atoms with E-state index in [0.29, 0.717) is 11.5 Å². The maximum Gasteiger partial charge on any atom is 0.332 e. The topological polar surface area (TPSA) is 114 Å². The van der Waals surface area contributed by atoms with Crippen molar-refractivity contribution in [1.82, 2.24) is 23.8 Å². The van der Waals surface area contributed by atoms with Gasteiger partial charge in [-0.3, -0.25) is 18.7 Å². The fraction of sp³-hybridized carbons (Fsp3) is 0.211. The van der Waals surface area contributed by atoms with Crippen LogP contribution in [0.2, 0.25) is 0 Å². The molecule has 4 aromatic rings. The number of aryl methyl sites for hydroxylation is 1. The Balaban J connectivity index is 1.48. The van der Waals surface area contributed by atoms with Crippen molar-refractivity contribution in [2.75, 3.05) is 0 Å². The highest BCUT2D eigenvalue weighted by atomic mass is 16.5. The maximum absolute atomic E-state index is 12.4. The average molecular weight is 395 g/mol. The van der Waals surface area contributed by atoms with E-state index in [1.54, 1.807) is 6.07 Å². The summed E-state index contributed by atoms with van der Waals surface area (Å²) in [5.74, 6) is -0.00821. The van der Waals surface area contributed by atoms with E-state index in [-0.39, 0.29) is 24.3 Å². The monoisotopic (exact) mass is 395 g/mol. The second-order valence-electron chi connectivity index (χ2n) is 6.46. The van der Waals surface area contributed by atoms with Crippen molar-refractivity contribution in [3.05, 3.63) is 69.3 Å². The van der Waals surface area contributed by atoms with E-state index in [4.69, 9.17) is 9.26 Å².